The molecule has 1 unspecified atom stereocenters. The van der Waals surface area contributed by atoms with Crippen LogP contribution in [0.4, 0.5) is 0 Å². The van der Waals surface area contributed by atoms with Crippen molar-refractivity contribution in [3.63, 3.8) is 0 Å². The molecule has 0 aromatic carbocycles. The maximum absolute atomic E-state index is 4.38. The van der Waals surface area contributed by atoms with Gasteiger partial charge in [-0.05, 0) is 32.9 Å². The zero-order valence-electron chi connectivity index (χ0n) is 14.0. The van der Waals surface area contributed by atoms with Gasteiger partial charge in [-0.2, -0.15) is 0 Å². The molecule has 23 heavy (non-hydrogen) atoms. The summed E-state index contributed by atoms with van der Waals surface area (Å²) in [6.45, 7) is 7.26. The predicted octanol–water partition coefficient (Wildman–Crippen LogP) is 3.78. The van der Waals surface area contributed by atoms with E-state index >= 15 is 0 Å². The van der Waals surface area contributed by atoms with E-state index < -0.39 is 0 Å². The van der Waals surface area contributed by atoms with Crippen LogP contribution < -0.4 is 10.6 Å². The molecular weight excluding hydrogens is 439 g/mol. The molecule has 0 spiro atoms. The van der Waals surface area contributed by atoms with Crippen LogP contribution in [0.5, 0.6) is 0 Å². The minimum atomic E-state index is 0. The minimum absolute atomic E-state index is 0. The first kappa shape index (κ1) is 20.4. The summed E-state index contributed by atoms with van der Waals surface area (Å²) in [6.07, 6.45) is 3.88. The van der Waals surface area contributed by atoms with Crippen molar-refractivity contribution in [3.05, 3.63) is 38.0 Å². The summed E-state index contributed by atoms with van der Waals surface area (Å²) in [5, 5.41) is 7.97. The molecule has 7 heteroatoms. The van der Waals surface area contributed by atoms with Crippen LogP contribution in [-0.2, 0) is 12.8 Å². The number of nitrogens with zero attached hydrogens (tertiary/aromatic N) is 2. The Morgan fingerprint density at radius 1 is 1.26 bits per heavy atom. The average molecular weight is 464 g/mol. The summed E-state index contributed by atoms with van der Waals surface area (Å²) >= 11 is 3.62. The number of thiazole rings is 1. The van der Waals surface area contributed by atoms with Gasteiger partial charge in [-0.1, -0.05) is 0 Å². The number of nitrogens with one attached hydrogen (secondary N) is 2. The Morgan fingerprint density at radius 2 is 2.04 bits per heavy atom. The van der Waals surface area contributed by atoms with E-state index in [4.69, 9.17) is 0 Å². The molecule has 4 nitrogen and oxygen atoms in total. The molecule has 2 aromatic rings. The molecule has 2 rings (SSSR count). The molecule has 2 N–H and O–H groups in total. The van der Waals surface area contributed by atoms with Gasteiger partial charge in [-0.15, -0.1) is 46.7 Å². The van der Waals surface area contributed by atoms with Crippen molar-refractivity contribution < 1.29 is 0 Å². The number of aliphatic imine (C=N–C) groups is 1. The van der Waals surface area contributed by atoms with Crippen molar-refractivity contribution in [1.29, 1.82) is 0 Å². The zero-order chi connectivity index (χ0) is 15.9. The van der Waals surface area contributed by atoms with E-state index in [2.05, 4.69) is 53.5 Å². The van der Waals surface area contributed by atoms with Crippen molar-refractivity contribution in [1.82, 2.24) is 15.6 Å². The summed E-state index contributed by atoms with van der Waals surface area (Å²) in [5.41, 5.74) is 0. The first-order valence-corrected chi connectivity index (χ1v) is 9.14. The van der Waals surface area contributed by atoms with Gasteiger partial charge in [0.1, 0.15) is 0 Å². The predicted molar refractivity (Wildman–Crippen MR) is 113 cm³/mol. The monoisotopic (exact) mass is 464 g/mol. The smallest absolute Gasteiger partial charge is 0.191 e. The molecule has 0 radical (unpaired) electrons. The highest BCUT2D eigenvalue weighted by atomic mass is 127. The summed E-state index contributed by atoms with van der Waals surface area (Å²) in [4.78, 5) is 12.7. The van der Waals surface area contributed by atoms with Gasteiger partial charge in [0.25, 0.3) is 0 Å². The van der Waals surface area contributed by atoms with Crippen molar-refractivity contribution in [2.24, 2.45) is 4.99 Å². The van der Waals surface area contributed by atoms with Gasteiger partial charge in [0.15, 0.2) is 5.96 Å². The Bertz CT molecular complexity index is 621. The zero-order valence-corrected chi connectivity index (χ0v) is 18.0. The summed E-state index contributed by atoms with van der Waals surface area (Å²) in [7, 11) is 1.81. The van der Waals surface area contributed by atoms with Crippen LogP contribution >= 0.6 is 46.7 Å². The van der Waals surface area contributed by atoms with Gasteiger partial charge in [-0.25, -0.2) is 4.98 Å². The van der Waals surface area contributed by atoms with Crippen LogP contribution in [0, 0.1) is 13.8 Å². The van der Waals surface area contributed by atoms with E-state index in [1.807, 2.05) is 24.6 Å². The Hall–Kier alpha value is -0.670. The molecule has 0 saturated heterocycles. The van der Waals surface area contributed by atoms with Crippen molar-refractivity contribution in [3.8, 4) is 0 Å². The lowest BCUT2D eigenvalue weighted by Crippen LogP contribution is -2.43. The van der Waals surface area contributed by atoms with Gasteiger partial charge in [-0.3, -0.25) is 4.99 Å². The fourth-order valence-corrected chi connectivity index (χ4v) is 3.99. The quantitative estimate of drug-likeness (QED) is 0.389. The Labute approximate surface area is 163 Å². The number of aryl methyl sites for hydroxylation is 2. The van der Waals surface area contributed by atoms with Gasteiger partial charge < -0.3 is 10.6 Å². The topological polar surface area (TPSA) is 49.3 Å². The molecule has 2 aromatic heterocycles. The lowest BCUT2D eigenvalue weighted by molar-refractivity contribution is 0.644. The van der Waals surface area contributed by atoms with E-state index in [0.29, 0.717) is 6.04 Å². The van der Waals surface area contributed by atoms with Crippen LogP contribution in [0.1, 0.15) is 26.6 Å². The Morgan fingerprint density at radius 3 is 2.61 bits per heavy atom. The SMILES string of the molecule is CN=C(NCCc1ncc(C)s1)NC(C)Cc1ccc(C)s1.I. The van der Waals surface area contributed by atoms with Gasteiger partial charge in [0.05, 0.1) is 5.01 Å². The third-order valence-corrected chi connectivity index (χ3v) is 5.21. The second-order valence-corrected chi connectivity index (χ2v) is 8.07. The third kappa shape index (κ3) is 7.17. The largest absolute Gasteiger partial charge is 0.356 e. The molecular formula is C16H25IN4S2. The Kier molecular flexibility index (Phi) is 9.08. The fourth-order valence-electron chi connectivity index (χ4n) is 2.18. The highest BCUT2D eigenvalue weighted by molar-refractivity contribution is 14.0. The number of aromatic nitrogens is 1. The number of rotatable bonds is 6. The van der Waals surface area contributed by atoms with E-state index in [9.17, 15) is 0 Å². The van der Waals surface area contributed by atoms with Gasteiger partial charge >= 0.3 is 0 Å². The first-order valence-electron chi connectivity index (χ1n) is 7.50. The van der Waals surface area contributed by atoms with Crippen molar-refractivity contribution in [2.45, 2.75) is 39.7 Å². The van der Waals surface area contributed by atoms with Gasteiger partial charge in [0.2, 0.25) is 0 Å². The molecule has 2 heterocycles. The molecule has 0 saturated carbocycles. The lowest BCUT2D eigenvalue weighted by atomic mass is 10.2. The van der Waals surface area contributed by atoms with Gasteiger partial charge in [0, 0.05) is 53.3 Å². The van der Waals surface area contributed by atoms with E-state index in [0.717, 1.165) is 25.3 Å². The molecule has 0 aliphatic rings. The average Bonchev–Trinajstić information content (AvgIpc) is 3.06. The highest BCUT2D eigenvalue weighted by Gasteiger charge is 2.08. The minimum Gasteiger partial charge on any atom is -0.356 e. The van der Waals surface area contributed by atoms with Crippen molar-refractivity contribution in [2.75, 3.05) is 13.6 Å². The van der Waals surface area contributed by atoms with Crippen LogP contribution in [0.25, 0.3) is 0 Å². The summed E-state index contributed by atoms with van der Waals surface area (Å²) in [5.74, 6) is 0.856. The molecule has 0 bridgehead atoms. The van der Waals surface area contributed by atoms with E-state index in [-0.39, 0.29) is 24.0 Å². The normalized spacial score (nSPS) is 12.6. The van der Waals surface area contributed by atoms with E-state index in [1.54, 1.807) is 11.3 Å². The molecule has 0 aliphatic carbocycles. The van der Waals surface area contributed by atoms with Crippen LogP contribution in [0.15, 0.2) is 23.3 Å². The number of thiophene rings is 1. The van der Waals surface area contributed by atoms with Crippen molar-refractivity contribution >= 4 is 52.6 Å². The number of halogens is 1. The second-order valence-electron chi connectivity index (χ2n) is 5.38. The van der Waals surface area contributed by atoms with Crippen LogP contribution in [-0.4, -0.2) is 30.6 Å². The number of hydrogen-bond donors (Lipinski definition) is 2. The number of guanidine groups is 1. The standard InChI is InChI=1S/C16H24N4S2.HI/c1-11(9-14-6-5-12(2)21-14)20-16(17-4)18-8-7-15-19-10-13(3)22-15;/h5-6,10-11H,7-9H2,1-4H3,(H2,17,18,20);1H. The highest BCUT2D eigenvalue weighted by Crippen LogP contribution is 2.16. The lowest BCUT2D eigenvalue weighted by Gasteiger charge is -2.17. The second kappa shape index (κ2) is 10.2. The first-order chi connectivity index (χ1) is 10.6. The molecule has 1 atom stereocenters. The third-order valence-electron chi connectivity index (χ3n) is 3.21. The van der Waals surface area contributed by atoms with Crippen LogP contribution in [0.2, 0.25) is 0 Å². The maximum atomic E-state index is 4.38. The van der Waals surface area contributed by atoms with E-state index in [1.165, 1.54) is 19.6 Å². The Balaban J connectivity index is 0.00000264. The summed E-state index contributed by atoms with van der Waals surface area (Å²) < 4.78 is 0. The molecule has 0 amide bonds. The summed E-state index contributed by atoms with van der Waals surface area (Å²) in [6, 6.07) is 4.74. The molecule has 128 valence electrons. The number of hydrogen-bond acceptors (Lipinski definition) is 4. The fraction of sp³-hybridized carbons (Fsp3) is 0.500. The molecule has 0 fully saturated rings. The molecule has 0 aliphatic heterocycles. The maximum Gasteiger partial charge on any atom is 0.191 e. The van der Waals surface area contributed by atoms with Crippen LogP contribution in [0.3, 0.4) is 0 Å².